The SMILES string of the molecule is CC/C(=N\C(C)C)c1ccc(F)cc1. The molecular formula is C12H16FN. The van der Waals surface area contributed by atoms with Gasteiger partial charge >= 0.3 is 0 Å². The van der Waals surface area contributed by atoms with Crippen LogP contribution in [-0.2, 0) is 0 Å². The van der Waals surface area contributed by atoms with Crippen LogP contribution < -0.4 is 0 Å². The lowest BCUT2D eigenvalue weighted by Crippen LogP contribution is -2.03. The van der Waals surface area contributed by atoms with Gasteiger partial charge in [-0.25, -0.2) is 4.39 Å². The second kappa shape index (κ2) is 4.89. The Balaban J connectivity index is 2.95. The molecule has 0 aliphatic rings. The van der Waals surface area contributed by atoms with Crippen molar-refractivity contribution in [1.82, 2.24) is 0 Å². The van der Waals surface area contributed by atoms with E-state index >= 15 is 0 Å². The zero-order valence-electron chi connectivity index (χ0n) is 8.92. The van der Waals surface area contributed by atoms with E-state index in [2.05, 4.69) is 11.9 Å². The highest BCUT2D eigenvalue weighted by atomic mass is 19.1. The van der Waals surface area contributed by atoms with Crippen LogP contribution >= 0.6 is 0 Å². The Morgan fingerprint density at radius 2 is 1.86 bits per heavy atom. The lowest BCUT2D eigenvalue weighted by Gasteiger charge is -2.06. The first-order valence-corrected chi connectivity index (χ1v) is 4.96. The summed E-state index contributed by atoms with van der Waals surface area (Å²) in [5.74, 6) is -0.200. The lowest BCUT2D eigenvalue weighted by molar-refractivity contribution is 0.627. The molecule has 0 aliphatic carbocycles. The summed E-state index contributed by atoms with van der Waals surface area (Å²) < 4.78 is 12.7. The van der Waals surface area contributed by atoms with Crippen LogP contribution in [0, 0.1) is 5.82 Å². The average molecular weight is 193 g/mol. The molecule has 0 spiro atoms. The molecule has 76 valence electrons. The number of halogens is 1. The van der Waals surface area contributed by atoms with Gasteiger partial charge in [-0.15, -0.1) is 0 Å². The number of benzene rings is 1. The molecule has 14 heavy (non-hydrogen) atoms. The Hall–Kier alpha value is -1.18. The van der Waals surface area contributed by atoms with E-state index in [9.17, 15) is 4.39 Å². The number of rotatable bonds is 3. The van der Waals surface area contributed by atoms with Crippen molar-refractivity contribution in [1.29, 1.82) is 0 Å². The van der Waals surface area contributed by atoms with Crippen LogP contribution in [0.25, 0.3) is 0 Å². The highest BCUT2D eigenvalue weighted by Gasteiger charge is 2.01. The molecule has 0 fully saturated rings. The van der Waals surface area contributed by atoms with Crippen molar-refractivity contribution in [3.8, 4) is 0 Å². The van der Waals surface area contributed by atoms with Crippen molar-refractivity contribution in [2.24, 2.45) is 4.99 Å². The van der Waals surface area contributed by atoms with Gasteiger partial charge in [-0.2, -0.15) is 0 Å². The summed E-state index contributed by atoms with van der Waals surface area (Å²) in [5, 5.41) is 0. The lowest BCUT2D eigenvalue weighted by atomic mass is 10.1. The van der Waals surface area contributed by atoms with Crippen molar-refractivity contribution < 1.29 is 4.39 Å². The first-order valence-electron chi connectivity index (χ1n) is 4.96. The molecule has 0 radical (unpaired) electrons. The molecule has 0 bridgehead atoms. The third kappa shape index (κ3) is 2.95. The van der Waals surface area contributed by atoms with Gasteiger partial charge in [-0.3, -0.25) is 4.99 Å². The van der Waals surface area contributed by atoms with Gasteiger partial charge in [-0.1, -0.05) is 19.1 Å². The minimum atomic E-state index is -0.200. The van der Waals surface area contributed by atoms with Crippen molar-refractivity contribution in [2.45, 2.75) is 33.2 Å². The Morgan fingerprint density at radius 1 is 1.29 bits per heavy atom. The predicted molar refractivity (Wildman–Crippen MR) is 58.4 cm³/mol. The number of hydrogen-bond acceptors (Lipinski definition) is 1. The van der Waals surface area contributed by atoms with Crippen molar-refractivity contribution in [3.05, 3.63) is 35.6 Å². The Labute approximate surface area is 84.7 Å². The number of aliphatic imine (C=N–C) groups is 1. The fourth-order valence-corrected chi connectivity index (χ4v) is 1.32. The average Bonchev–Trinajstić information content (AvgIpc) is 2.15. The molecule has 0 saturated carbocycles. The fraction of sp³-hybridized carbons (Fsp3) is 0.417. The number of nitrogens with zero attached hydrogens (tertiary/aromatic N) is 1. The number of hydrogen-bond donors (Lipinski definition) is 0. The molecule has 0 aromatic heterocycles. The van der Waals surface area contributed by atoms with Crippen LogP contribution in [0.2, 0.25) is 0 Å². The molecule has 1 nitrogen and oxygen atoms in total. The highest BCUT2D eigenvalue weighted by Crippen LogP contribution is 2.08. The Kier molecular flexibility index (Phi) is 3.81. The van der Waals surface area contributed by atoms with Gasteiger partial charge in [0.05, 0.1) is 0 Å². The van der Waals surface area contributed by atoms with Gasteiger partial charge in [0.25, 0.3) is 0 Å². The van der Waals surface area contributed by atoms with E-state index < -0.39 is 0 Å². The Bertz CT molecular complexity index is 312. The van der Waals surface area contributed by atoms with Crippen LogP contribution in [0.3, 0.4) is 0 Å². The maximum Gasteiger partial charge on any atom is 0.123 e. The van der Waals surface area contributed by atoms with Gasteiger partial charge in [0.15, 0.2) is 0 Å². The van der Waals surface area contributed by atoms with E-state index in [1.165, 1.54) is 12.1 Å². The van der Waals surface area contributed by atoms with Crippen molar-refractivity contribution in [2.75, 3.05) is 0 Å². The Morgan fingerprint density at radius 3 is 2.29 bits per heavy atom. The molecule has 1 aromatic rings. The molecule has 1 aromatic carbocycles. The summed E-state index contributed by atoms with van der Waals surface area (Å²) in [6.45, 7) is 6.14. The fourth-order valence-electron chi connectivity index (χ4n) is 1.32. The summed E-state index contributed by atoms with van der Waals surface area (Å²) in [4.78, 5) is 4.49. The zero-order valence-corrected chi connectivity index (χ0v) is 8.92. The maximum absolute atomic E-state index is 12.7. The van der Waals surface area contributed by atoms with E-state index in [4.69, 9.17) is 0 Å². The zero-order chi connectivity index (χ0) is 10.6. The highest BCUT2D eigenvalue weighted by molar-refractivity contribution is 6.00. The van der Waals surface area contributed by atoms with Gasteiger partial charge in [0, 0.05) is 11.8 Å². The smallest absolute Gasteiger partial charge is 0.123 e. The molecule has 0 unspecified atom stereocenters. The van der Waals surface area contributed by atoms with Gasteiger partial charge in [0.1, 0.15) is 5.82 Å². The van der Waals surface area contributed by atoms with Crippen LogP contribution in [-0.4, -0.2) is 11.8 Å². The molecule has 2 heteroatoms. The summed E-state index contributed by atoms with van der Waals surface area (Å²) in [6.07, 6.45) is 0.879. The third-order valence-corrected chi connectivity index (χ3v) is 1.93. The maximum atomic E-state index is 12.7. The topological polar surface area (TPSA) is 12.4 Å². The molecule has 0 saturated heterocycles. The summed E-state index contributed by atoms with van der Waals surface area (Å²) in [6, 6.07) is 6.79. The summed E-state index contributed by atoms with van der Waals surface area (Å²) in [7, 11) is 0. The second-order valence-electron chi connectivity index (χ2n) is 3.53. The monoisotopic (exact) mass is 193 g/mol. The van der Waals surface area contributed by atoms with Gasteiger partial charge in [0.2, 0.25) is 0 Å². The second-order valence-corrected chi connectivity index (χ2v) is 3.53. The third-order valence-electron chi connectivity index (χ3n) is 1.93. The van der Waals surface area contributed by atoms with Crippen molar-refractivity contribution in [3.63, 3.8) is 0 Å². The van der Waals surface area contributed by atoms with E-state index in [1.807, 2.05) is 13.8 Å². The molecule has 0 amide bonds. The first-order chi connectivity index (χ1) is 6.63. The molecule has 0 atom stereocenters. The van der Waals surface area contributed by atoms with E-state index in [-0.39, 0.29) is 11.9 Å². The molecule has 0 N–H and O–H groups in total. The van der Waals surface area contributed by atoms with E-state index in [1.54, 1.807) is 12.1 Å². The quantitative estimate of drug-likeness (QED) is 0.652. The molecule has 0 aliphatic heterocycles. The predicted octanol–water partition coefficient (Wildman–Crippen LogP) is 3.43. The summed E-state index contributed by atoms with van der Waals surface area (Å²) in [5.41, 5.74) is 2.06. The molecular weight excluding hydrogens is 177 g/mol. The summed E-state index contributed by atoms with van der Waals surface area (Å²) >= 11 is 0. The van der Waals surface area contributed by atoms with Crippen molar-refractivity contribution >= 4 is 5.71 Å². The van der Waals surface area contributed by atoms with E-state index in [0.29, 0.717) is 0 Å². The normalized spacial score (nSPS) is 12.2. The van der Waals surface area contributed by atoms with Crippen LogP contribution in [0.1, 0.15) is 32.8 Å². The van der Waals surface area contributed by atoms with Crippen LogP contribution in [0.5, 0.6) is 0 Å². The largest absolute Gasteiger partial charge is 0.286 e. The molecule has 1 rings (SSSR count). The first kappa shape index (κ1) is 10.9. The molecule has 0 heterocycles. The van der Waals surface area contributed by atoms with Crippen LogP contribution in [0.15, 0.2) is 29.3 Å². The standard InChI is InChI=1S/C12H16FN/c1-4-12(14-9(2)3)10-5-7-11(13)8-6-10/h5-9H,4H2,1-3H3/b14-12+. The van der Waals surface area contributed by atoms with Gasteiger partial charge in [-0.05, 0) is 38.0 Å². The van der Waals surface area contributed by atoms with E-state index in [0.717, 1.165) is 17.7 Å². The minimum Gasteiger partial charge on any atom is -0.286 e. The minimum absolute atomic E-state index is 0.200. The van der Waals surface area contributed by atoms with Gasteiger partial charge < -0.3 is 0 Å². The van der Waals surface area contributed by atoms with Crippen LogP contribution in [0.4, 0.5) is 4.39 Å².